The van der Waals surface area contributed by atoms with Gasteiger partial charge < -0.3 is 10.0 Å². The van der Waals surface area contributed by atoms with Gasteiger partial charge in [-0.3, -0.25) is 4.79 Å². The van der Waals surface area contributed by atoms with Crippen molar-refractivity contribution in [2.75, 3.05) is 5.88 Å². The standard InChI is InChI=1S/C8H10ClNO3S/c1-8(3-9)6(7(12)13)10-4(11)2-5(10)14-8/h5-6H,2-3H2,1H3,(H,12,13)/t5-,6?,8?/m1/s1. The highest BCUT2D eigenvalue weighted by molar-refractivity contribution is 8.01. The molecule has 2 unspecified atom stereocenters. The van der Waals surface area contributed by atoms with Gasteiger partial charge in [-0.2, -0.15) is 0 Å². The minimum absolute atomic E-state index is 0.0207. The highest BCUT2D eigenvalue weighted by atomic mass is 35.5. The number of carbonyl (C=O) groups excluding carboxylic acids is 1. The van der Waals surface area contributed by atoms with Crippen molar-refractivity contribution in [3.05, 3.63) is 0 Å². The van der Waals surface area contributed by atoms with Crippen LogP contribution in [0.4, 0.5) is 0 Å². The Bertz CT molecular complexity index is 311. The Morgan fingerprint density at radius 1 is 1.86 bits per heavy atom. The third kappa shape index (κ3) is 1.15. The Morgan fingerprint density at radius 2 is 2.50 bits per heavy atom. The summed E-state index contributed by atoms with van der Waals surface area (Å²) in [6.07, 6.45) is 0.445. The van der Waals surface area contributed by atoms with Gasteiger partial charge in [-0.05, 0) is 6.92 Å². The summed E-state index contributed by atoms with van der Waals surface area (Å²) in [5, 5.41) is 9.07. The van der Waals surface area contributed by atoms with Gasteiger partial charge in [-0.15, -0.1) is 23.4 Å². The minimum atomic E-state index is -0.962. The van der Waals surface area contributed by atoms with Crippen LogP contribution in [-0.2, 0) is 9.59 Å². The van der Waals surface area contributed by atoms with Crippen molar-refractivity contribution >= 4 is 35.2 Å². The van der Waals surface area contributed by atoms with Gasteiger partial charge in [0.15, 0.2) is 0 Å². The third-order valence-electron chi connectivity index (χ3n) is 2.71. The molecule has 4 nitrogen and oxygen atoms in total. The van der Waals surface area contributed by atoms with Crippen LogP contribution in [0.25, 0.3) is 0 Å². The van der Waals surface area contributed by atoms with Crippen LogP contribution in [-0.4, -0.2) is 43.9 Å². The Kier molecular flexibility index (Phi) is 2.19. The smallest absolute Gasteiger partial charge is 0.327 e. The molecule has 0 aliphatic carbocycles. The molecule has 1 amide bonds. The zero-order chi connectivity index (χ0) is 10.5. The molecule has 1 N–H and O–H groups in total. The van der Waals surface area contributed by atoms with Crippen LogP contribution in [0.2, 0.25) is 0 Å². The summed E-state index contributed by atoms with van der Waals surface area (Å²) in [6, 6.07) is -0.767. The number of rotatable bonds is 2. The summed E-state index contributed by atoms with van der Waals surface area (Å²) < 4.78 is -0.551. The molecule has 6 heteroatoms. The fraction of sp³-hybridized carbons (Fsp3) is 0.750. The molecular weight excluding hydrogens is 226 g/mol. The van der Waals surface area contributed by atoms with Gasteiger partial charge in [0.25, 0.3) is 0 Å². The van der Waals surface area contributed by atoms with Crippen molar-refractivity contribution in [2.24, 2.45) is 0 Å². The first-order valence-electron chi connectivity index (χ1n) is 4.27. The maximum absolute atomic E-state index is 11.2. The molecule has 0 aromatic heterocycles. The first kappa shape index (κ1) is 10.1. The average Bonchev–Trinajstić information content (AvgIpc) is 2.35. The van der Waals surface area contributed by atoms with Crippen LogP contribution < -0.4 is 0 Å². The summed E-state index contributed by atoms with van der Waals surface area (Å²) in [7, 11) is 0. The fourth-order valence-electron chi connectivity index (χ4n) is 1.96. The SMILES string of the molecule is CC1(CCl)S[C@@H]2CC(=O)N2C1C(=O)O. The monoisotopic (exact) mass is 235 g/mol. The normalized spacial score (nSPS) is 40.7. The molecule has 0 spiro atoms. The van der Waals surface area contributed by atoms with Crippen LogP contribution in [0, 0.1) is 0 Å². The number of hydrogen-bond acceptors (Lipinski definition) is 3. The average molecular weight is 236 g/mol. The summed E-state index contributed by atoms with van der Waals surface area (Å²) in [5.74, 6) is -0.797. The molecule has 2 fully saturated rings. The second-order valence-corrected chi connectivity index (χ2v) is 5.74. The van der Waals surface area contributed by atoms with Crippen molar-refractivity contribution in [3.8, 4) is 0 Å². The first-order chi connectivity index (χ1) is 6.49. The van der Waals surface area contributed by atoms with Crippen molar-refractivity contribution in [2.45, 2.75) is 29.5 Å². The summed E-state index contributed by atoms with van der Waals surface area (Å²) >= 11 is 7.27. The first-order valence-corrected chi connectivity index (χ1v) is 5.69. The van der Waals surface area contributed by atoms with E-state index < -0.39 is 16.8 Å². The Labute approximate surface area is 90.6 Å². The van der Waals surface area contributed by atoms with Crippen LogP contribution in [0.3, 0.4) is 0 Å². The van der Waals surface area contributed by atoms with Crippen LogP contribution in [0.15, 0.2) is 0 Å². The molecule has 0 saturated carbocycles. The van der Waals surface area contributed by atoms with E-state index in [-0.39, 0.29) is 17.2 Å². The number of carbonyl (C=O) groups is 2. The molecule has 2 aliphatic heterocycles. The fourth-order valence-corrected chi connectivity index (χ4v) is 3.91. The van der Waals surface area contributed by atoms with E-state index in [1.54, 1.807) is 6.92 Å². The number of fused-ring (bicyclic) bond motifs is 1. The van der Waals surface area contributed by atoms with Gasteiger partial charge in [-0.1, -0.05) is 0 Å². The molecule has 0 radical (unpaired) electrons. The van der Waals surface area contributed by atoms with E-state index >= 15 is 0 Å². The van der Waals surface area contributed by atoms with Gasteiger partial charge in [-0.25, -0.2) is 4.79 Å². The molecule has 0 aromatic carbocycles. The number of nitrogens with zero attached hydrogens (tertiary/aromatic N) is 1. The number of amides is 1. The van der Waals surface area contributed by atoms with Crippen LogP contribution in [0.1, 0.15) is 13.3 Å². The lowest BCUT2D eigenvalue weighted by Crippen LogP contribution is -2.57. The van der Waals surface area contributed by atoms with E-state index in [4.69, 9.17) is 16.7 Å². The topological polar surface area (TPSA) is 57.6 Å². The predicted molar refractivity (Wildman–Crippen MR) is 53.4 cm³/mol. The highest BCUT2D eigenvalue weighted by Gasteiger charge is 2.60. The lowest BCUT2D eigenvalue weighted by atomic mass is 9.98. The number of alkyl halides is 1. The van der Waals surface area contributed by atoms with Crippen molar-refractivity contribution in [1.29, 1.82) is 0 Å². The Morgan fingerprint density at radius 3 is 2.93 bits per heavy atom. The number of thioether (sulfide) groups is 1. The molecule has 0 aromatic rings. The van der Waals surface area contributed by atoms with E-state index in [0.717, 1.165) is 0 Å². The van der Waals surface area contributed by atoms with Crippen LogP contribution >= 0.6 is 23.4 Å². The van der Waals surface area contributed by atoms with Crippen molar-refractivity contribution in [3.63, 3.8) is 0 Å². The van der Waals surface area contributed by atoms with E-state index in [1.165, 1.54) is 16.7 Å². The van der Waals surface area contributed by atoms with Crippen LogP contribution in [0.5, 0.6) is 0 Å². The van der Waals surface area contributed by atoms with Gasteiger partial charge in [0.05, 0.1) is 16.5 Å². The molecule has 2 rings (SSSR count). The van der Waals surface area contributed by atoms with E-state index in [9.17, 15) is 9.59 Å². The zero-order valence-electron chi connectivity index (χ0n) is 7.57. The van der Waals surface area contributed by atoms with Gasteiger partial charge >= 0.3 is 5.97 Å². The van der Waals surface area contributed by atoms with Gasteiger partial charge in [0.2, 0.25) is 5.91 Å². The molecule has 14 heavy (non-hydrogen) atoms. The molecule has 2 saturated heterocycles. The maximum atomic E-state index is 11.2. The zero-order valence-corrected chi connectivity index (χ0v) is 9.14. The van der Waals surface area contributed by atoms with Crippen molar-refractivity contribution in [1.82, 2.24) is 4.90 Å². The Balaban J connectivity index is 2.31. The molecule has 0 bridgehead atoms. The largest absolute Gasteiger partial charge is 0.480 e. The lowest BCUT2D eigenvalue weighted by molar-refractivity contribution is -0.157. The number of hydrogen-bond donors (Lipinski definition) is 1. The molecule has 3 atom stereocenters. The lowest BCUT2D eigenvalue weighted by Gasteiger charge is -2.36. The molecule has 2 aliphatic rings. The second-order valence-electron chi connectivity index (χ2n) is 3.76. The van der Waals surface area contributed by atoms with E-state index in [0.29, 0.717) is 6.42 Å². The predicted octanol–water partition coefficient (Wildman–Crippen LogP) is 0.742. The molecule has 2 heterocycles. The highest BCUT2D eigenvalue weighted by Crippen LogP contribution is 2.51. The Hall–Kier alpha value is -0.420. The molecular formula is C8H10ClNO3S. The number of halogens is 1. The minimum Gasteiger partial charge on any atom is -0.480 e. The summed E-state index contributed by atoms with van der Waals surface area (Å²) in [4.78, 5) is 23.7. The van der Waals surface area contributed by atoms with E-state index in [1.807, 2.05) is 0 Å². The maximum Gasteiger partial charge on any atom is 0.327 e. The quantitative estimate of drug-likeness (QED) is 0.567. The summed E-state index contributed by atoms with van der Waals surface area (Å²) in [5.41, 5.74) is 0. The number of aliphatic carboxylic acids is 1. The number of β-lactam (4-membered cyclic amide) rings is 1. The second kappa shape index (κ2) is 3.03. The number of carboxylic acid groups (broad SMARTS) is 1. The van der Waals surface area contributed by atoms with Gasteiger partial charge in [0, 0.05) is 5.88 Å². The summed E-state index contributed by atoms with van der Waals surface area (Å²) in [6.45, 7) is 1.80. The third-order valence-corrected chi connectivity index (χ3v) is 4.99. The van der Waals surface area contributed by atoms with Crippen molar-refractivity contribution < 1.29 is 14.7 Å². The molecule has 78 valence electrons. The van der Waals surface area contributed by atoms with E-state index in [2.05, 4.69) is 0 Å². The van der Waals surface area contributed by atoms with Gasteiger partial charge in [0.1, 0.15) is 6.04 Å². The number of carboxylic acids is 1.